The van der Waals surface area contributed by atoms with Crippen LogP contribution in [0.1, 0.15) is 434 Å². The number of nitrogens with zero attached hydrogens (tertiary/aromatic N) is 1. The summed E-state index contributed by atoms with van der Waals surface area (Å²) >= 11 is 0. The first-order valence-electron chi connectivity index (χ1n) is 52.6. The van der Waals surface area contributed by atoms with Crippen LogP contribution in [0.25, 0.3) is 99.2 Å². The Labute approximate surface area is 756 Å². The summed E-state index contributed by atoms with van der Waals surface area (Å²) in [6, 6.07) is 72.1. The Morgan fingerprint density at radius 2 is 0.584 bits per heavy atom. The summed E-state index contributed by atoms with van der Waals surface area (Å²) in [5.41, 5.74) is 32.0. The van der Waals surface area contributed by atoms with Gasteiger partial charge < -0.3 is 13.7 Å². The topological polar surface area (TPSA) is 29.5 Å². The van der Waals surface area contributed by atoms with E-state index < -0.39 is 0 Å². The summed E-state index contributed by atoms with van der Waals surface area (Å²) < 4.78 is 14.9. The highest BCUT2D eigenvalue weighted by Crippen LogP contribution is 2.69. The molecule has 0 bridgehead atoms. The molecular weight excluding hydrogens is 1510 g/mol. The molecule has 0 saturated carbocycles. The molecule has 2 aromatic heterocycles. The first kappa shape index (κ1) is 90.2. The van der Waals surface area contributed by atoms with Crippen molar-refractivity contribution in [1.29, 1.82) is 0 Å². The van der Waals surface area contributed by atoms with E-state index in [9.17, 15) is 0 Å². The van der Waals surface area contributed by atoms with Gasteiger partial charge in [-0.2, -0.15) is 0 Å². The monoisotopic (exact) mass is 1670 g/mol. The summed E-state index contributed by atoms with van der Waals surface area (Å²) in [6.45, 7) is 19.1. The predicted octanol–water partition coefficient (Wildman–Crippen LogP) is 39.6. The molecule has 0 aliphatic heterocycles. The molecule has 3 nitrogen and oxygen atoms in total. The van der Waals surface area contributed by atoms with Gasteiger partial charge in [0, 0.05) is 65.5 Å². The van der Waals surface area contributed by atoms with Crippen molar-refractivity contribution in [3.63, 3.8) is 0 Å². The molecular formula is C122H157NO2. The molecule has 12 aromatic rings. The quantitative estimate of drug-likeness (QED) is 0.0356. The minimum atomic E-state index is -0.284. The van der Waals surface area contributed by atoms with Gasteiger partial charge in [0.15, 0.2) is 0 Å². The smallest absolute Gasteiger partial charge is 0.144 e. The highest BCUT2D eigenvalue weighted by molar-refractivity contribution is 6.21. The van der Waals surface area contributed by atoms with E-state index in [1.54, 1.807) is 44.5 Å². The fourth-order valence-electron chi connectivity index (χ4n) is 25.4. The van der Waals surface area contributed by atoms with E-state index in [1.165, 1.54) is 402 Å². The van der Waals surface area contributed by atoms with Crippen LogP contribution in [0.5, 0.6) is 0 Å². The van der Waals surface area contributed by atoms with Gasteiger partial charge in [-0.1, -0.05) is 453 Å². The number of furan rings is 2. The van der Waals surface area contributed by atoms with Gasteiger partial charge in [0.05, 0.1) is 5.69 Å². The zero-order chi connectivity index (χ0) is 86.0. The second-order valence-electron chi connectivity index (χ2n) is 40.1. The molecule has 0 amide bonds. The molecule has 0 fully saturated rings. The van der Waals surface area contributed by atoms with Crippen LogP contribution in [0.15, 0.2) is 185 Å². The third kappa shape index (κ3) is 18.0. The Morgan fingerprint density at radius 1 is 0.224 bits per heavy atom. The minimum Gasteiger partial charge on any atom is -0.456 e. The number of hydrogen-bond donors (Lipinski definition) is 0. The van der Waals surface area contributed by atoms with Crippen molar-refractivity contribution in [3.8, 4) is 44.5 Å². The molecule has 3 heteroatoms. The average Bonchev–Trinajstić information content (AvgIpc) is 1.50. The van der Waals surface area contributed by atoms with Gasteiger partial charge in [-0.3, -0.25) is 0 Å². The summed E-state index contributed by atoms with van der Waals surface area (Å²) in [5, 5.41) is 7.83. The number of rotatable bonds is 55. The lowest BCUT2D eigenvalue weighted by atomic mass is 9.62. The lowest BCUT2D eigenvalue weighted by Gasteiger charge is -2.40. The maximum atomic E-state index is 7.82. The molecule has 10 aromatic carbocycles. The molecule has 4 aliphatic carbocycles. The van der Waals surface area contributed by atoms with E-state index in [2.05, 4.69) is 236 Å². The number of para-hydroxylation sites is 2. The second-order valence-corrected chi connectivity index (χ2v) is 40.1. The largest absolute Gasteiger partial charge is 0.456 e. The van der Waals surface area contributed by atoms with Crippen molar-refractivity contribution in [1.82, 2.24) is 0 Å². The molecule has 0 N–H and O–H groups in total. The van der Waals surface area contributed by atoms with Gasteiger partial charge >= 0.3 is 0 Å². The van der Waals surface area contributed by atoms with Crippen LogP contribution in [0.4, 0.5) is 17.1 Å². The fraction of sp³-hybridized carbons (Fsp3) is 0.525. The summed E-state index contributed by atoms with van der Waals surface area (Å²) in [7, 11) is 0. The van der Waals surface area contributed by atoms with E-state index in [0.717, 1.165) is 48.0 Å². The number of benzene rings is 10. The molecule has 0 atom stereocenters. The van der Waals surface area contributed by atoms with Gasteiger partial charge in [-0.05, 0) is 201 Å². The highest BCUT2D eigenvalue weighted by Gasteiger charge is 2.55. The molecule has 0 radical (unpaired) electrons. The zero-order valence-electron chi connectivity index (χ0n) is 79.3. The normalized spacial score (nSPS) is 14.6. The molecule has 0 unspecified atom stereocenters. The van der Waals surface area contributed by atoms with Crippen molar-refractivity contribution < 1.29 is 8.83 Å². The van der Waals surface area contributed by atoms with Crippen LogP contribution in [0.3, 0.4) is 0 Å². The summed E-state index contributed by atoms with van der Waals surface area (Å²) in [6.07, 6.45) is 65.6. The summed E-state index contributed by atoms with van der Waals surface area (Å²) in [5.74, 6) is 0. The third-order valence-corrected chi connectivity index (χ3v) is 31.8. The van der Waals surface area contributed by atoms with Gasteiger partial charge in [0.25, 0.3) is 0 Å². The molecule has 4 aliphatic rings. The fourth-order valence-corrected chi connectivity index (χ4v) is 25.4. The first-order chi connectivity index (χ1) is 61.7. The van der Waals surface area contributed by atoms with Crippen molar-refractivity contribution in [2.24, 2.45) is 0 Å². The van der Waals surface area contributed by atoms with E-state index in [4.69, 9.17) is 8.83 Å². The average molecular weight is 1670 g/mol. The maximum absolute atomic E-state index is 7.82. The molecule has 16 rings (SSSR count). The van der Waals surface area contributed by atoms with Crippen LogP contribution in [-0.4, -0.2) is 0 Å². The molecule has 2 heterocycles. The number of hydrogen-bond acceptors (Lipinski definition) is 3. The first-order valence-corrected chi connectivity index (χ1v) is 52.6. The Bertz CT molecular complexity index is 5470. The van der Waals surface area contributed by atoms with Gasteiger partial charge in [-0.15, -0.1) is 0 Å². The lowest BCUT2D eigenvalue weighted by Crippen LogP contribution is -2.33. The van der Waals surface area contributed by atoms with E-state index in [0.29, 0.717) is 0 Å². The Hall–Kier alpha value is -8.14. The van der Waals surface area contributed by atoms with E-state index in [1.807, 2.05) is 0 Å². The number of unbranched alkanes of at least 4 members (excludes halogenated alkanes) is 36. The highest BCUT2D eigenvalue weighted by atomic mass is 16.3. The van der Waals surface area contributed by atoms with E-state index in [-0.39, 0.29) is 21.7 Å². The van der Waals surface area contributed by atoms with Crippen LogP contribution in [0, 0.1) is 0 Å². The Kier molecular flexibility index (Phi) is 30.9. The minimum absolute atomic E-state index is 0.117. The van der Waals surface area contributed by atoms with Gasteiger partial charge in [0.1, 0.15) is 22.3 Å². The van der Waals surface area contributed by atoms with Gasteiger partial charge in [0.2, 0.25) is 0 Å². The summed E-state index contributed by atoms with van der Waals surface area (Å²) in [4.78, 5) is 2.82. The Morgan fingerprint density at radius 3 is 1.10 bits per heavy atom. The second kappa shape index (κ2) is 42.9. The van der Waals surface area contributed by atoms with Crippen LogP contribution < -0.4 is 4.90 Å². The molecule has 0 saturated heterocycles. The lowest BCUT2D eigenvalue weighted by molar-refractivity contribution is 0.369. The SMILES string of the molecule is CCCCCCCCC1(CCCCCCCC)c2cc(N(c3ccc4c(c3)C(CCCCCCC)(CCCCCCC)c3c5c(c6c(oc7ccccc76)c3-4)-c3ccccc3C5(CCCCCCC)CCCCCCC)c3cccc4ccccc34)ccc2-c2cc3c(cc21)-c1c(ccc2oc4ccccc4c12)C3(CCCCCCCC)CCCCCCCC. The molecule has 125 heavy (non-hydrogen) atoms. The van der Waals surface area contributed by atoms with Crippen molar-refractivity contribution in [2.45, 2.75) is 411 Å². The van der Waals surface area contributed by atoms with E-state index >= 15 is 0 Å². The standard InChI is InChI=1S/C122H157NO2/c1-9-17-25-33-41-53-78-119(79-54-42-34-26-18-10-2)102-76-77-110-112(97-66-48-51-70-108(97)124-110)111(102)100-89-105-99(88-106(100)119)94-74-72-91(86-103(94)120(105,80-55-43-35-27-19-11-3)81-56-44-36-28-20-12-4)123(107-69-61-63-90-62-45-46-64-93(90)107)92-73-75-96-104(87-92)122(84-59-39-31-23-15-7,85-60-40-32-24-16-8)117-115(96)118-114(98-67-49-52-71-109(98)125-118)113-95-65-47-50-68-101(95)121(116(113)117,82-57-37-29-21-13-5)83-58-38-30-22-14-6/h45-52,61-77,86-89H,9-44,53-60,78-85H2,1-8H3. The van der Waals surface area contributed by atoms with Crippen molar-refractivity contribution in [3.05, 3.63) is 220 Å². The molecule has 662 valence electrons. The number of fused-ring (bicyclic) bond motifs is 23. The van der Waals surface area contributed by atoms with Gasteiger partial charge in [-0.25, -0.2) is 0 Å². The third-order valence-electron chi connectivity index (χ3n) is 31.8. The van der Waals surface area contributed by atoms with Crippen molar-refractivity contribution in [2.75, 3.05) is 4.90 Å². The predicted molar refractivity (Wildman–Crippen MR) is 544 cm³/mol. The maximum Gasteiger partial charge on any atom is 0.144 e. The zero-order valence-corrected chi connectivity index (χ0v) is 79.3. The molecule has 0 spiro atoms. The number of anilines is 3. The van der Waals surface area contributed by atoms with Crippen LogP contribution >= 0.6 is 0 Å². The van der Waals surface area contributed by atoms with Crippen molar-refractivity contribution >= 4 is 71.7 Å². The van der Waals surface area contributed by atoms with Crippen LogP contribution in [0.2, 0.25) is 0 Å². The Balaban J connectivity index is 0.955. The van der Waals surface area contributed by atoms with Crippen LogP contribution in [-0.2, 0) is 21.7 Å².